The molecule has 10 aromatic rings. The van der Waals surface area contributed by atoms with Gasteiger partial charge >= 0.3 is 0 Å². The number of benzene rings is 9. The maximum absolute atomic E-state index is 4.01. The van der Waals surface area contributed by atoms with E-state index in [0.29, 0.717) is 0 Å². The van der Waals surface area contributed by atoms with Crippen LogP contribution in [0.3, 0.4) is 0 Å². The van der Waals surface area contributed by atoms with Crippen LogP contribution in [0.15, 0.2) is 249 Å². The van der Waals surface area contributed by atoms with Crippen molar-refractivity contribution in [3.8, 4) is 43.1 Å². The second kappa shape index (κ2) is 19.7. The molecule has 0 aliphatic rings. The van der Waals surface area contributed by atoms with Crippen molar-refractivity contribution in [1.29, 1.82) is 0 Å². The first-order valence-corrected chi connectivity index (χ1v) is 23.1. The van der Waals surface area contributed by atoms with Crippen LogP contribution in [0.1, 0.15) is 25.0 Å². The predicted molar refractivity (Wildman–Crippen MR) is 286 cm³/mol. The minimum atomic E-state index is 1.05. The van der Waals surface area contributed by atoms with E-state index in [2.05, 4.69) is 238 Å². The fraction of sp³-hybridized carbons (Fsp3) is 0.0476. The number of nitrogens with zero attached hydrogens (tertiary/aromatic N) is 1. The Balaban J connectivity index is 0.000000531. The molecule has 0 amide bonds. The highest BCUT2D eigenvalue weighted by Gasteiger charge is 2.19. The topological polar surface area (TPSA) is 3.24 Å². The average Bonchev–Trinajstić information content (AvgIpc) is 3.86. The van der Waals surface area contributed by atoms with Gasteiger partial charge < -0.3 is 4.90 Å². The van der Waals surface area contributed by atoms with E-state index >= 15 is 0 Å². The Hall–Kier alpha value is -7.78. The molecule has 1 heterocycles. The van der Waals surface area contributed by atoms with E-state index in [1.54, 1.807) is 0 Å². The lowest BCUT2D eigenvalue weighted by molar-refractivity contribution is 1.21. The summed E-state index contributed by atoms with van der Waals surface area (Å²) in [6.07, 6.45) is 12.2. The molecule has 0 aliphatic carbocycles. The third kappa shape index (κ3) is 9.17. The molecule has 0 saturated carbocycles. The van der Waals surface area contributed by atoms with Crippen molar-refractivity contribution in [2.24, 2.45) is 0 Å². The van der Waals surface area contributed by atoms with Crippen molar-refractivity contribution in [1.82, 2.24) is 0 Å². The molecule has 0 atom stereocenters. The molecule has 0 fully saturated rings. The molecule has 2 heteroatoms. The maximum Gasteiger partial charge on any atom is 0.0468 e. The molecule has 0 radical (unpaired) electrons. The fourth-order valence-electron chi connectivity index (χ4n) is 8.75. The number of aryl methyl sites for hydroxylation is 1. The van der Waals surface area contributed by atoms with Crippen LogP contribution in [0.2, 0.25) is 0 Å². The van der Waals surface area contributed by atoms with Crippen LogP contribution in [0.5, 0.6) is 0 Å². The SMILES string of the molecule is C/C=C/c1ccccc1.C=C/C=C(\C=C/C)N(c1ccc(C)cc1)c1ccc2cc(-c3c4ccccc4c(-c4cccc(-c5ccc(-c6ccccc6)s5)c4)c4ccccc34)ccc2c1. The first-order chi connectivity index (χ1) is 32.0. The van der Waals surface area contributed by atoms with Gasteiger partial charge in [0.15, 0.2) is 0 Å². The molecular weight excluding hydrogens is 803 g/mol. The van der Waals surface area contributed by atoms with Gasteiger partial charge in [0.05, 0.1) is 0 Å². The van der Waals surface area contributed by atoms with Gasteiger partial charge in [-0.05, 0) is 153 Å². The summed E-state index contributed by atoms with van der Waals surface area (Å²) in [6.45, 7) is 10.2. The standard InChI is InChI=1S/C54H41NS.C9H10/c1-4-14-44(15-5-2)55(45-29-24-37(3)25-30-45)46-31-28-39-34-43(27-26-40(39)36-46)54-49-22-11-9-20-47(49)53(48-21-10-12-23-50(48)54)42-19-13-18-41(35-42)52-33-32-51(56-52)38-16-7-6-8-17-38;1-2-6-9-7-4-3-5-8-9/h4-36H,1H2,2-3H3;2-8H,1H3/b15-5-,44-14+;6-2+. The summed E-state index contributed by atoms with van der Waals surface area (Å²) < 4.78 is 0. The van der Waals surface area contributed by atoms with Crippen LogP contribution in [-0.4, -0.2) is 0 Å². The van der Waals surface area contributed by atoms with Gasteiger partial charge in [0.25, 0.3) is 0 Å². The smallest absolute Gasteiger partial charge is 0.0468 e. The van der Waals surface area contributed by atoms with E-state index in [1.807, 2.05) is 48.6 Å². The maximum atomic E-state index is 4.01. The molecule has 0 spiro atoms. The van der Waals surface area contributed by atoms with E-state index in [9.17, 15) is 0 Å². The average molecular weight is 854 g/mol. The van der Waals surface area contributed by atoms with Crippen LogP contribution in [0, 0.1) is 6.92 Å². The second-order valence-corrected chi connectivity index (χ2v) is 17.2. The van der Waals surface area contributed by atoms with E-state index < -0.39 is 0 Å². The number of fused-ring (bicyclic) bond motifs is 3. The summed E-state index contributed by atoms with van der Waals surface area (Å²) in [5.41, 5.74) is 13.2. The van der Waals surface area contributed by atoms with Crippen molar-refractivity contribution in [2.45, 2.75) is 20.8 Å². The lowest BCUT2D eigenvalue weighted by Gasteiger charge is -2.27. The van der Waals surface area contributed by atoms with E-state index in [1.165, 1.54) is 86.6 Å². The summed E-state index contributed by atoms with van der Waals surface area (Å²) in [4.78, 5) is 4.85. The van der Waals surface area contributed by atoms with Gasteiger partial charge in [-0.3, -0.25) is 0 Å². The highest BCUT2D eigenvalue weighted by atomic mass is 32.1. The number of anilines is 2. The van der Waals surface area contributed by atoms with Crippen molar-refractivity contribution < 1.29 is 0 Å². The molecular formula is C63H51NS. The number of allylic oxidation sites excluding steroid dienone is 5. The Morgan fingerprint density at radius 1 is 0.462 bits per heavy atom. The summed E-state index contributed by atoms with van der Waals surface area (Å²) >= 11 is 1.85. The van der Waals surface area contributed by atoms with Crippen LogP contribution in [0.25, 0.3) is 81.5 Å². The van der Waals surface area contributed by atoms with Gasteiger partial charge in [0.1, 0.15) is 0 Å². The zero-order valence-corrected chi connectivity index (χ0v) is 38.0. The van der Waals surface area contributed by atoms with Crippen LogP contribution >= 0.6 is 11.3 Å². The van der Waals surface area contributed by atoms with Crippen molar-refractivity contribution in [2.75, 3.05) is 4.90 Å². The summed E-state index contributed by atoms with van der Waals surface area (Å²) in [5, 5.41) is 7.40. The Morgan fingerprint density at radius 2 is 0.985 bits per heavy atom. The molecule has 9 aromatic carbocycles. The third-order valence-electron chi connectivity index (χ3n) is 11.7. The van der Waals surface area contributed by atoms with Crippen molar-refractivity contribution in [3.63, 3.8) is 0 Å². The fourth-order valence-corrected chi connectivity index (χ4v) is 9.76. The molecule has 0 aliphatic heterocycles. The molecule has 0 bridgehead atoms. The molecule has 65 heavy (non-hydrogen) atoms. The molecule has 1 aromatic heterocycles. The van der Waals surface area contributed by atoms with Crippen molar-refractivity contribution in [3.05, 3.63) is 260 Å². The van der Waals surface area contributed by atoms with E-state index in [4.69, 9.17) is 0 Å². The Kier molecular flexibility index (Phi) is 12.9. The van der Waals surface area contributed by atoms with Crippen LogP contribution in [0.4, 0.5) is 11.4 Å². The van der Waals surface area contributed by atoms with Gasteiger partial charge in [-0.15, -0.1) is 11.3 Å². The minimum Gasteiger partial charge on any atom is -0.310 e. The van der Waals surface area contributed by atoms with Crippen LogP contribution in [-0.2, 0) is 0 Å². The summed E-state index contributed by atoms with van der Waals surface area (Å²) in [7, 11) is 0. The van der Waals surface area contributed by atoms with Gasteiger partial charge in [-0.1, -0.05) is 194 Å². The lowest BCUT2D eigenvalue weighted by Crippen LogP contribution is -2.15. The van der Waals surface area contributed by atoms with Gasteiger partial charge in [-0.2, -0.15) is 0 Å². The molecule has 314 valence electrons. The zero-order valence-electron chi connectivity index (χ0n) is 37.2. The Labute approximate surface area is 387 Å². The van der Waals surface area contributed by atoms with Gasteiger partial charge in [0.2, 0.25) is 0 Å². The number of rotatable bonds is 10. The molecule has 0 saturated heterocycles. The monoisotopic (exact) mass is 853 g/mol. The van der Waals surface area contributed by atoms with Crippen LogP contribution < -0.4 is 4.90 Å². The third-order valence-corrected chi connectivity index (χ3v) is 12.9. The number of thiophene rings is 1. The first kappa shape index (κ1) is 42.5. The predicted octanol–water partition coefficient (Wildman–Crippen LogP) is 18.7. The number of hydrogen-bond donors (Lipinski definition) is 0. The lowest BCUT2D eigenvalue weighted by atomic mass is 9.85. The highest BCUT2D eigenvalue weighted by Crippen LogP contribution is 2.45. The quantitative estimate of drug-likeness (QED) is 0.0979. The molecule has 0 unspecified atom stereocenters. The van der Waals surface area contributed by atoms with Gasteiger partial charge in [0, 0.05) is 26.8 Å². The minimum absolute atomic E-state index is 1.05. The zero-order chi connectivity index (χ0) is 44.5. The summed E-state index contributed by atoms with van der Waals surface area (Å²) in [5.74, 6) is 0. The Bertz CT molecular complexity index is 3290. The normalized spacial score (nSPS) is 11.6. The molecule has 0 N–H and O–H groups in total. The molecule has 1 nitrogen and oxygen atoms in total. The van der Waals surface area contributed by atoms with E-state index in [-0.39, 0.29) is 0 Å². The first-order valence-electron chi connectivity index (χ1n) is 22.3. The highest BCUT2D eigenvalue weighted by molar-refractivity contribution is 7.18. The Morgan fingerprint density at radius 3 is 1.60 bits per heavy atom. The van der Waals surface area contributed by atoms with Crippen molar-refractivity contribution >= 4 is 61.1 Å². The largest absolute Gasteiger partial charge is 0.310 e. The number of hydrogen-bond acceptors (Lipinski definition) is 2. The molecule has 10 rings (SSSR count). The van der Waals surface area contributed by atoms with E-state index in [0.717, 1.165) is 17.1 Å². The van der Waals surface area contributed by atoms with Gasteiger partial charge in [-0.25, -0.2) is 0 Å². The second-order valence-electron chi connectivity index (χ2n) is 16.1. The summed E-state index contributed by atoms with van der Waals surface area (Å²) in [6, 6.07) is 74.7.